The van der Waals surface area contributed by atoms with Crippen LogP contribution in [-0.2, 0) is 6.42 Å². The molecule has 1 unspecified atom stereocenters. The molecule has 0 amide bonds. The fraction of sp³-hybridized carbons (Fsp3) is 0.600. The van der Waals surface area contributed by atoms with Gasteiger partial charge in [0.1, 0.15) is 0 Å². The molecule has 0 aliphatic rings. The van der Waals surface area contributed by atoms with E-state index in [1.165, 1.54) is 8.66 Å². The molecular weight excluding hydrogens is 246 g/mol. The van der Waals surface area contributed by atoms with Crippen molar-refractivity contribution in [3.8, 4) is 0 Å². The summed E-state index contributed by atoms with van der Waals surface area (Å²) in [5.41, 5.74) is 6.10. The van der Waals surface area contributed by atoms with Gasteiger partial charge in [-0.3, -0.25) is 0 Å². The zero-order valence-electron chi connectivity index (χ0n) is 8.30. The smallest absolute Gasteiger partial charge is 0.0701 e. The molecule has 0 saturated heterocycles. The van der Waals surface area contributed by atoms with Gasteiger partial charge in [0, 0.05) is 10.4 Å². The molecule has 0 aliphatic carbocycles. The normalized spacial score (nSPS) is 16.2. The quantitative estimate of drug-likeness (QED) is 0.887. The lowest BCUT2D eigenvalue weighted by Gasteiger charge is -2.28. The van der Waals surface area contributed by atoms with Gasteiger partial charge in [0.2, 0.25) is 0 Å². The predicted molar refractivity (Wildman–Crippen MR) is 63.2 cm³/mol. The summed E-state index contributed by atoms with van der Waals surface area (Å²) in [4.78, 5) is 1.35. The lowest BCUT2D eigenvalue weighted by molar-refractivity contribution is 0.340. The van der Waals surface area contributed by atoms with Gasteiger partial charge >= 0.3 is 0 Å². The fourth-order valence-electron chi connectivity index (χ4n) is 1.03. The SMILES string of the molecule is CC(C)C(C)(N)Cc1ccc(Br)s1. The lowest BCUT2D eigenvalue weighted by Crippen LogP contribution is -2.43. The minimum Gasteiger partial charge on any atom is -0.325 e. The summed E-state index contributed by atoms with van der Waals surface area (Å²) in [5, 5.41) is 0. The van der Waals surface area contributed by atoms with Crippen LogP contribution in [0.3, 0.4) is 0 Å². The molecule has 74 valence electrons. The predicted octanol–water partition coefficient (Wildman–Crippen LogP) is 3.43. The van der Waals surface area contributed by atoms with Crippen molar-refractivity contribution in [2.75, 3.05) is 0 Å². The van der Waals surface area contributed by atoms with Crippen LogP contribution in [0, 0.1) is 5.92 Å². The monoisotopic (exact) mass is 261 g/mol. The van der Waals surface area contributed by atoms with Crippen molar-refractivity contribution >= 4 is 27.3 Å². The first-order valence-electron chi connectivity index (χ1n) is 4.45. The third-order valence-corrected chi connectivity index (χ3v) is 4.13. The van der Waals surface area contributed by atoms with E-state index < -0.39 is 0 Å². The van der Waals surface area contributed by atoms with E-state index in [2.05, 4.69) is 48.8 Å². The first-order chi connectivity index (χ1) is 5.92. The highest BCUT2D eigenvalue weighted by Crippen LogP contribution is 2.27. The summed E-state index contributed by atoms with van der Waals surface area (Å²) in [6, 6.07) is 4.22. The van der Waals surface area contributed by atoms with E-state index in [0.717, 1.165) is 6.42 Å². The van der Waals surface area contributed by atoms with Crippen LogP contribution in [0.2, 0.25) is 0 Å². The largest absolute Gasteiger partial charge is 0.325 e. The Hall–Kier alpha value is 0.140. The molecule has 0 aliphatic heterocycles. The van der Waals surface area contributed by atoms with Gasteiger partial charge in [-0.25, -0.2) is 0 Å². The first kappa shape index (κ1) is 11.2. The number of hydrogen-bond donors (Lipinski definition) is 1. The van der Waals surface area contributed by atoms with E-state index >= 15 is 0 Å². The highest BCUT2D eigenvalue weighted by molar-refractivity contribution is 9.11. The third-order valence-electron chi connectivity index (χ3n) is 2.50. The Morgan fingerprint density at radius 1 is 1.54 bits per heavy atom. The second-order valence-corrected chi connectivity index (χ2v) is 6.59. The molecule has 0 aromatic carbocycles. The van der Waals surface area contributed by atoms with Crippen LogP contribution in [0.25, 0.3) is 0 Å². The van der Waals surface area contributed by atoms with Crippen LogP contribution in [0.4, 0.5) is 0 Å². The summed E-state index contributed by atoms with van der Waals surface area (Å²) in [5.74, 6) is 0.508. The second-order valence-electron chi connectivity index (χ2n) is 4.04. The lowest BCUT2D eigenvalue weighted by atomic mass is 9.86. The minimum absolute atomic E-state index is 0.0930. The van der Waals surface area contributed by atoms with E-state index in [9.17, 15) is 0 Å². The van der Waals surface area contributed by atoms with E-state index in [-0.39, 0.29) is 5.54 Å². The number of hydrogen-bond acceptors (Lipinski definition) is 2. The number of rotatable bonds is 3. The number of nitrogens with two attached hydrogens (primary N) is 1. The van der Waals surface area contributed by atoms with Crippen molar-refractivity contribution in [3.63, 3.8) is 0 Å². The van der Waals surface area contributed by atoms with Gasteiger partial charge in [-0.05, 0) is 47.3 Å². The molecule has 2 N–H and O–H groups in total. The van der Waals surface area contributed by atoms with E-state index in [1.807, 2.05) is 0 Å². The Labute approximate surface area is 92.5 Å². The second kappa shape index (κ2) is 4.11. The maximum absolute atomic E-state index is 6.19. The van der Waals surface area contributed by atoms with Crippen LogP contribution in [-0.4, -0.2) is 5.54 Å². The summed E-state index contributed by atoms with van der Waals surface area (Å²) in [7, 11) is 0. The van der Waals surface area contributed by atoms with Crippen molar-refractivity contribution in [2.45, 2.75) is 32.7 Å². The fourth-order valence-corrected chi connectivity index (χ4v) is 2.69. The number of thiophene rings is 1. The summed E-state index contributed by atoms with van der Waals surface area (Å²) in [6.45, 7) is 6.45. The molecule has 1 rings (SSSR count). The molecule has 1 aromatic heterocycles. The van der Waals surface area contributed by atoms with Gasteiger partial charge in [0.15, 0.2) is 0 Å². The first-order valence-corrected chi connectivity index (χ1v) is 6.06. The van der Waals surface area contributed by atoms with Gasteiger partial charge in [0.05, 0.1) is 3.79 Å². The van der Waals surface area contributed by atoms with Gasteiger partial charge in [0.25, 0.3) is 0 Å². The van der Waals surface area contributed by atoms with E-state index in [0.29, 0.717) is 5.92 Å². The Morgan fingerprint density at radius 2 is 2.15 bits per heavy atom. The van der Waals surface area contributed by atoms with Crippen LogP contribution < -0.4 is 5.73 Å². The average molecular weight is 262 g/mol. The molecule has 13 heavy (non-hydrogen) atoms. The molecule has 0 radical (unpaired) electrons. The van der Waals surface area contributed by atoms with Gasteiger partial charge in [-0.1, -0.05) is 13.8 Å². The zero-order chi connectivity index (χ0) is 10.1. The van der Waals surface area contributed by atoms with Crippen LogP contribution in [0.15, 0.2) is 15.9 Å². The topological polar surface area (TPSA) is 26.0 Å². The molecule has 0 saturated carbocycles. The Balaban J connectivity index is 2.68. The summed E-state index contributed by atoms with van der Waals surface area (Å²) >= 11 is 5.22. The van der Waals surface area contributed by atoms with E-state index in [1.54, 1.807) is 11.3 Å². The molecule has 1 aromatic rings. The molecule has 0 bridgehead atoms. The van der Waals surface area contributed by atoms with Gasteiger partial charge < -0.3 is 5.73 Å². The highest BCUT2D eigenvalue weighted by Gasteiger charge is 2.23. The van der Waals surface area contributed by atoms with Crippen molar-refractivity contribution in [1.82, 2.24) is 0 Å². The summed E-state index contributed by atoms with van der Waals surface area (Å²) in [6.07, 6.45) is 0.959. The maximum atomic E-state index is 6.19. The van der Waals surface area contributed by atoms with Crippen molar-refractivity contribution < 1.29 is 0 Å². The number of halogens is 1. The third kappa shape index (κ3) is 3.08. The molecule has 0 fully saturated rings. The summed E-state index contributed by atoms with van der Waals surface area (Å²) < 4.78 is 1.18. The van der Waals surface area contributed by atoms with Gasteiger partial charge in [-0.15, -0.1) is 11.3 Å². The van der Waals surface area contributed by atoms with Crippen molar-refractivity contribution in [3.05, 3.63) is 20.8 Å². The van der Waals surface area contributed by atoms with Crippen LogP contribution in [0.1, 0.15) is 25.6 Å². The molecule has 3 heteroatoms. The molecule has 0 spiro atoms. The Morgan fingerprint density at radius 3 is 2.54 bits per heavy atom. The molecule has 1 nitrogen and oxygen atoms in total. The average Bonchev–Trinajstić information content (AvgIpc) is 2.34. The molecule has 1 atom stereocenters. The Bertz CT molecular complexity index is 278. The van der Waals surface area contributed by atoms with Crippen LogP contribution in [0.5, 0.6) is 0 Å². The maximum Gasteiger partial charge on any atom is 0.0701 e. The minimum atomic E-state index is -0.0930. The molecule has 1 heterocycles. The Kier molecular flexibility index (Phi) is 3.55. The van der Waals surface area contributed by atoms with Gasteiger partial charge in [-0.2, -0.15) is 0 Å². The highest BCUT2D eigenvalue weighted by atomic mass is 79.9. The van der Waals surface area contributed by atoms with E-state index in [4.69, 9.17) is 5.73 Å². The van der Waals surface area contributed by atoms with Crippen molar-refractivity contribution in [1.29, 1.82) is 0 Å². The molecular formula is C10H16BrNS. The van der Waals surface area contributed by atoms with Crippen LogP contribution >= 0.6 is 27.3 Å². The zero-order valence-corrected chi connectivity index (χ0v) is 10.7. The van der Waals surface area contributed by atoms with Crippen molar-refractivity contribution in [2.24, 2.45) is 11.7 Å². The standard InChI is InChI=1S/C10H16BrNS/c1-7(2)10(3,12)6-8-4-5-9(11)13-8/h4-5,7H,6,12H2,1-3H3.